The van der Waals surface area contributed by atoms with Crippen LogP contribution in [-0.4, -0.2) is 40.4 Å². The largest absolute Gasteiger partial charge is 0.356 e. The maximum Gasteiger partial charge on any atom is 0.345 e. The Bertz CT molecular complexity index is 824. The molecule has 0 saturated carbocycles. The standard InChI is InChI=1S/C19H27ClN6O/c1-21-18(23-12-10-15-6-8-16(20)9-7-15)22-11-4-14-26-19(27)25-13-3-2-5-17(25)24-26/h6-9H,2-5,10-14H2,1H3,(H2,21,22,23). The second-order valence-corrected chi connectivity index (χ2v) is 7.12. The third kappa shape index (κ3) is 5.35. The molecule has 2 heterocycles. The molecule has 146 valence electrons. The molecule has 7 nitrogen and oxygen atoms in total. The minimum Gasteiger partial charge on any atom is -0.356 e. The summed E-state index contributed by atoms with van der Waals surface area (Å²) in [4.78, 5) is 16.5. The van der Waals surface area contributed by atoms with E-state index in [1.807, 2.05) is 28.8 Å². The van der Waals surface area contributed by atoms with Crippen LogP contribution in [0.25, 0.3) is 0 Å². The van der Waals surface area contributed by atoms with E-state index in [-0.39, 0.29) is 5.69 Å². The van der Waals surface area contributed by atoms with E-state index in [9.17, 15) is 4.79 Å². The van der Waals surface area contributed by atoms with Gasteiger partial charge in [-0.05, 0) is 43.4 Å². The van der Waals surface area contributed by atoms with Gasteiger partial charge in [-0.2, -0.15) is 5.10 Å². The van der Waals surface area contributed by atoms with Crippen molar-refractivity contribution in [1.29, 1.82) is 0 Å². The number of aliphatic imine (C=N–C) groups is 1. The van der Waals surface area contributed by atoms with Gasteiger partial charge in [-0.25, -0.2) is 9.48 Å². The Balaban J connectivity index is 1.38. The molecule has 0 radical (unpaired) electrons. The van der Waals surface area contributed by atoms with E-state index in [2.05, 4.69) is 20.7 Å². The van der Waals surface area contributed by atoms with E-state index in [0.29, 0.717) is 6.54 Å². The van der Waals surface area contributed by atoms with Gasteiger partial charge in [0, 0.05) is 44.7 Å². The fraction of sp³-hybridized carbons (Fsp3) is 0.526. The maximum absolute atomic E-state index is 12.3. The Labute approximate surface area is 164 Å². The molecule has 0 atom stereocenters. The summed E-state index contributed by atoms with van der Waals surface area (Å²) >= 11 is 5.90. The molecule has 2 aromatic rings. The number of aromatic nitrogens is 3. The van der Waals surface area contributed by atoms with Crippen LogP contribution < -0.4 is 16.3 Å². The molecule has 0 saturated heterocycles. The second-order valence-electron chi connectivity index (χ2n) is 6.69. The van der Waals surface area contributed by atoms with Crippen LogP contribution in [0.3, 0.4) is 0 Å². The average molecular weight is 391 g/mol. The average Bonchev–Trinajstić information content (AvgIpc) is 3.01. The molecule has 0 amide bonds. The lowest BCUT2D eigenvalue weighted by molar-refractivity contribution is 0.509. The highest BCUT2D eigenvalue weighted by atomic mass is 35.5. The van der Waals surface area contributed by atoms with E-state index < -0.39 is 0 Å². The number of benzene rings is 1. The number of hydrogen-bond acceptors (Lipinski definition) is 3. The van der Waals surface area contributed by atoms with Gasteiger partial charge in [-0.15, -0.1) is 0 Å². The van der Waals surface area contributed by atoms with Crippen molar-refractivity contribution in [3.63, 3.8) is 0 Å². The number of guanidine groups is 1. The van der Waals surface area contributed by atoms with Gasteiger partial charge >= 0.3 is 5.69 Å². The zero-order valence-corrected chi connectivity index (χ0v) is 16.5. The van der Waals surface area contributed by atoms with Crippen molar-refractivity contribution in [2.45, 2.75) is 45.2 Å². The lowest BCUT2D eigenvalue weighted by Crippen LogP contribution is -2.39. The Morgan fingerprint density at radius 2 is 2.00 bits per heavy atom. The summed E-state index contributed by atoms with van der Waals surface area (Å²) < 4.78 is 3.41. The number of fused-ring (bicyclic) bond motifs is 1. The first kappa shape index (κ1) is 19.5. The first-order valence-electron chi connectivity index (χ1n) is 9.53. The molecular formula is C19H27ClN6O. The number of hydrogen-bond donors (Lipinski definition) is 2. The van der Waals surface area contributed by atoms with Crippen LogP contribution in [0.2, 0.25) is 5.02 Å². The van der Waals surface area contributed by atoms with Crippen LogP contribution in [0.4, 0.5) is 0 Å². The summed E-state index contributed by atoms with van der Waals surface area (Å²) in [5, 5.41) is 11.8. The summed E-state index contributed by atoms with van der Waals surface area (Å²) in [6.07, 6.45) is 4.81. The Morgan fingerprint density at radius 3 is 2.74 bits per heavy atom. The van der Waals surface area contributed by atoms with Crippen molar-refractivity contribution in [2.75, 3.05) is 20.1 Å². The number of halogens is 1. The highest BCUT2D eigenvalue weighted by Crippen LogP contribution is 2.10. The molecule has 0 unspecified atom stereocenters. The van der Waals surface area contributed by atoms with Crippen molar-refractivity contribution in [1.82, 2.24) is 25.0 Å². The molecule has 1 aliphatic heterocycles. The highest BCUT2D eigenvalue weighted by molar-refractivity contribution is 6.30. The van der Waals surface area contributed by atoms with Gasteiger partial charge in [0.1, 0.15) is 5.82 Å². The molecule has 2 N–H and O–H groups in total. The lowest BCUT2D eigenvalue weighted by atomic mass is 10.1. The summed E-state index contributed by atoms with van der Waals surface area (Å²) in [5.41, 5.74) is 1.25. The minimum absolute atomic E-state index is 0.0233. The first-order chi connectivity index (χ1) is 13.2. The second kappa shape index (κ2) is 9.60. The maximum atomic E-state index is 12.3. The quantitative estimate of drug-likeness (QED) is 0.429. The summed E-state index contributed by atoms with van der Waals surface area (Å²) in [6, 6.07) is 7.87. The molecule has 27 heavy (non-hydrogen) atoms. The molecule has 3 rings (SSSR count). The highest BCUT2D eigenvalue weighted by Gasteiger charge is 2.16. The van der Waals surface area contributed by atoms with Crippen molar-refractivity contribution in [2.24, 2.45) is 4.99 Å². The van der Waals surface area contributed by atoms with E-state index in [1.54, 1.807) is 11.7 Å². The van der Waals surface area contributed by atoms with Gasteiger partial charge < -0.3 is 10.6 Å². The third-order valence-corrected chi connectivity index (χ3v) is 4.97. The van der Waals surface area contributed by atoms with Gasteiger partial charge in [0.15, 0.2) is 5.96 Å². The van der Waals surface area contributed by atoms with Crippen LogP contribution in [-0.2, 0) is 25.9 Å². The molecule has 0 fully saturated rings. The monoisotopic (exact) mass is 390 g/mol. The molecule has 0 aliphatic carbocycles. The van der Waals surface area contributed by atoms with Crippen molar-refractivity contribution >= 4 is 17.6 Å². The molecule has 1 aromatic heterocycles. The number of aryl methyl sites for hydroxylation is 2. The summed E-state index contributed by atoms with van der Waals surface area (Å²) in [7, 11) is 1.76. The van der Waals surface area contributed by atoms with E-state index in [4.69, 9.17) is 11.6 Å². The molecule has 0 bridgehead atoms. The van der Waals surface area contributed by atoms with Crippen molar-refractivity contribution in [3.05, 3.63) is 51.2 Å². The molecule has 8 heteroatoms. The van der Waals surface area contributed by atoms with Crippen LogP contribution in [0.5, 0.6) is 0 Å². The van der Waals surface area contributed by atoms with E-state index in [1.165, 1.54) is 5.56 Å². The molecular weight excluding hydrogens is 364 g/mol. The number of rotatable bonds is 7. The summed E-state index contributed by atoms with van der Waals surface area (Å²) in [6.45, 7) is 2.94. The molecule has 1 aromatic carbocycles. The van der Waals surface area contributed by atoms with Gasteiger partial charge in [-0.1, -0.05) is 23.7 Å². The van der Waals surface area contributed by atoms with Gasteiger partial charge in [0.25, 0.3) is 0 Å². The summed E-state index contributed by atoms with van der Waals surface area (Å²) in [5.74, 6) is 1.69. The Kier molecular flexibility index (Phi) is 6.92. The zero-order chi connectivity index (χ0) is 19.1. The SMILES string of the molecule is CN=C(NCCCn1nc2n(c1=O)CCCC2)NCCc1ccc(Cl)cc1. The zero-order valence-electron chi connectivity index (χ0n) is 15.7. The normalized spacial score (nSPS) is 14.1. The van der Waals surface area contributed by atoms with Gasteiger partial charge in [-0.3, -0.25) is 9.56 Å². The van der Waals surface area contributed by atoms with Crippen molar-refractivity contribution < 1.29 is 0 Å². The van der Waals surface area contributed by atoms with E-state index in [0.717, 1.165) is 68.5 Å². The van der Waals surface area contributed by atoms with Crippen LogP contribution in [0, 0.1) is 0 Å². The van der Waals surface area contributed by atoms with Crippen LogP contribution >= 0.6 is 11.6 Å². The fourth-order valence-electron chi connectivity index (χ4n) is 3.23. The Morgan fingerprint density at radius 1 is 1.22 bits per heavy atom. The van der Waals surface area contributed by atoms with Crippen LogP contribution in [0.1, 0.15) is 30.7 Å². The predicted octanol–water partition coefficient (Wildman–Crippen LogP) is 1.83. The third-order valence-electron chi connectivity index (χ3n) is 4.71. The predicted molar refractivity (Wildman–Crippen MR) is 109 cm³/mol. The minimum atomic E-state index is 0.0233. The molecule has 0 spiro atoms. The smallest absolute Gasteiger partial charge is 0.345 e. The van der Waals surface area contributed by atoms with Crippen molar-refractivity contribution in [3.8, 4) is 0 Å². The lowest BCUT2D eigenvalue weighted by Gasteiger charge is -2.11. The van der Waals surface area contributed by atoms with Gasteiger partial charge in [0.2, 0.25) is 0 Å². The number of nitrogens with one attached hydrogen (secondary N) is 2. The first-order valence-corrected chi connectivity index (χ1v) is 9.90. The van der Waals surface area contributed by atoms with Crippen LogP contribution in [0.15, 0.2) is 34.1 Å². The Hall–Kier alpha value is -2.28. The van der Waals surface area contributed by atoms with Gasteiger partial charge in [0.05, 0.1) is 0 Å². The fourth-order valence-corrected chi connectivity index (χ4v) is 3.35. The topological polar surface area (TPSA) is 76.2 Å². The number of nitrogens with zero attached hydrogens (tertiary/aromatic N) is 4. The molecule has 1 aliphatic rings. The van der Waals surface area contributed by atoms with E-state index >= 15 is 0 Å².